The number of unbranched alkanes of at least 4 members (excludes halogenated alkanes) is 1. The van der Waals surface area contributed by atoms with Gasteiger partial charge < -0.3 is 4.74 Å². The third-order valence-corrected chi connectivity index (χ3v) is 4.50. The molecule has 0 bridgehead atoms. The van der Waals surface area contributed by atoms with Crippen molar-refractivity contribution in [2.75, 3.05) is 6.61 Å². The standard InChI is InChI=1S/C19H17NOS/c1-3-5-12-21-17-11-10-14(4-2)13-15(17)19-20-16-8-6-7-9-18(16)22-19/h2,6-11,13H,3,5,12H2,1H3. The van der Waals surface area contributed by atoms with Crippen molar-refractivity contribution in [2.45, 2.75) is 19.8 Å². The topological polar surface area (TPSA) is 22.1 Å². The molecule has 0 aliphatic heterocycles. The van der Waals surface area contributed by atoms with Crippen LogP contribution in [0.25, 0.3) is 20.8 Å². The van der Waals surface area contributed by atoms with E-state index < -0.39 is 0 Å². The van der Waals surface area contributed by atoms with Gasteiger partial charge >= 0.3 is 0 Å². The van der Waals surface area contributed by atoms with E-state index in [2.05, 4.69) is 18.9 Å². The Morgan fingerprint density at radius 3 is 2.86 bits per heavy atom. The van der Waals surface area contributed by atoms with Crippen LogP contribution in [0.2, 0.25) is 0 Å². The van der Waals surface area contributed by atoms with Gasteiger partial charge in [-0.15, -0.1) is 17.8 Å². The predicted molar refractivity (Wildman–Crippen MR) is 93.4 cm³/mol. The molecule has 1 aromatic heterocycles. The Bertz CT molecular complexity index is 796. The third-order valence-electron chi connectivity index (χ3n) is 3.43. The molecular weight excluding hydrogens is 290 g/mol. The molecule has 0 atom stereocenters. The number of ether oxygens (including phenoxy) is 1. The lowest BCUT2D eigenvalue weighted by Crippen LogP contribution is -1.98. The average molecular weight is 307 g/mol. The number of nitrogens with zero attached hydrogens (tertiary/aromatic N) is 1. The van der Waals surface area contributed by atoms with E-state index in [1.54, 1.807) is 11.3 Å². The number of aromatic nitrogens is 1. The summed E-state index contributed by atoms with van der Waals surface area (Å²) < 4.78 is 7.10. The maximum atomic E-state index is 5.93. The Morgan fingerprint density at radius 1 is 1.23 bits per heavy atom. The summed E-state index contributed by atoms with van der Waals surface area (Å²) in [6, 6.07) is 14.0. The number of rotatable bonds is 5. The zero-order chi connectivity index (χ0) is 15.4. The first-order valence-electron chi connectivity index (χ1n) is 7.41. The zero-order valence-corrected chi connectivity index (χ0v) is 13.3. The number of terminal acetylenes is 1. The summed E-state index contributed by atoms with van der Waals surface area (Å²) in [6.07, 6.45) is 7.68. The smallest absolute Gasteiger partial charge is 0.129 e. The number of hydrogen-bond acceptors (Lipinski definition) is 3. The number of fused-ring (bicyclic) bond motifs is 1. The minimum atomic E-state index is 0.712. The summed E-state index contributed by atoms with van der Waals surface area (Å²) in [5.41, 5.74) is 2.83. The molecule has 1 heterocycles. The van der Waals surface area contributed by atoms with Crippen LogP contribution in [-0.4, -0.2) is 11.6 Å². The van der Waals surface area contributed by atoms with Gasteiger partial charge in [-0.3, -0.25) is 0 Å². The van der Waals surface area contributed by atoms with Gasteiger partial charge in [-0.2, -0.15) is 0 Å². The van der Waals surface area contributed by atoms with Crippen molar-refractivity contribution < 1.29 is 4.74 Å². The molecule has 0 fully saturated rings. The summed E-state index contributed by atoms with van der Waals surface area (Å²) in [5.74, 6) is 3.54. The molecule has 0 radical (unpaired) electrons. The summed E-state index contributed by atoms with van der Waals surface area (Å²) in [7, 11) is 0. The summed E-state index contributed by atoms with van der Waals surface area (Å²) in [5, 5.41) is 0.949. The van der Waals surface area contributed by atoms with Crippen molar-refractivity contribution in [1.29, 1.82) is 0 Å². The van der Waals surface area contributed by atoms with Crippen LogP contribution in [0.4, 0.5) is 0 Å². The van der Waals surface area contributed by atoms with Crippen molar-refractivity contribution in [3.63, 3.8) is 0 Å². The van der Waals surface area contributed by atoms with Crippen LogP contribution in [0.15, 0.2) is 42.5 Å². The Balaban J connectivity index is 2.04. The van der Waals surface area contributed by atoms with E-state index in [0.29, 0.717) is 6.61 Å². The van der Waals surface area contributed by atoms with Crippen LogP contribution in [0.3, 0.4) is 0 Å². The molecule has 0 spiro atoms. The lowest BCUT2D eigenvalue weighted by Gasteiger charge is -2.10. The fourth-order valence-corrected chi connectivity index (χ4v) is 3.21. The van der Waals surface area contributed by atoms with Crippen LogP contribution in [0.5, 0.6) is 5.75 Å². The van der Waals surface area contributed by atoms with E-state index in [9.17, 15) is 0 Å². The number of para-hydroxylation sites is 1. The quantitative estimate of drug-likeness (QED) is 0.482. The van der Waals surface area contributed by atoms with E-state index in [1.165, 1.54) is 4.70 Å². The molecule has 3 heteroatoms. The van der Waals surface area contributed by atoms with Crippen LogP contribution in [-0.2, 0) is 0 Å². The van der Waals surface area contributed by atoms with Gasteiger partial charge in [-0.25, -0.2) is 4.98 Å². The summed E-state index contributed by atoms with van der Waals surface area (Å²) in [4.78, 5) is 4.72. The largest absolute Gasteiger partial charge is 0.493 e. The second-order valence-corrected chi connectivity index (χ2v) is 6.07. The molecule has 0 aliphatic carbocycles. The number of thiazole rings is 1. The third kappa shape index (κ3) is 2.98. The lowest BCUT2D eigenvalue weighted by atomic mass is 10.1. The fourth-order valence-electron chi connectivity index (χ4n) is 2.23. The molecule has 0 saturated carbocycles. The molecule has 22 heavy (non-hydrogen) atoms. The van der Waals surface area contributed by atoms with E-state index in [4.69, 9.17) is 16.1 Å². The number of hydrogen-bond donors (Lipinski definition) is 0. The van der Waals surface area contributed by atoms with E-state index in [0.717, 1.165) is 40.2 Å². The molecule has 110 valence electrons. The van der Waals surface area contributed by atoms with Crippen LogP contribution < -0.4 is 4.74 Å². The Hall–Kier alpha value is -2.31. The first-order valence-corrected chi connectivity index (χ1v) is 8.23. The Labute approximate surface area is 134 Å². The van der Waals surface area contributed by atoms with Gasteiger partial charge in [0.05, 0.1) is 22.4 Å². The molecule has 0 saturated heterocycles. The maximum absolute atomic E-state index is 5.93. The predicted octanol–water partition coefficient (Wildman–Crippen LogP) is 5.12. The van der Waals surface area contributed by atoms with Crippen molar-refractivity contribution in [2.24, 2.45) is 0 Å². The normalized spacial score (nSPS) is 10.5. The van der Waals surface area contributed by atoms with Crippen LogP contribution in [0, 0.1) is 12.3 Å². The Morgan fingerprint density at radius 2 is 2.09 bits per heavy atom. The van der Waals surface area contributed by atoms with Crippen molar-refractivity contribution in [3.05, 3.63) is 48.0 Å². The molecule has 2 nitrogen and oxygen atoms in total. The van der Waals surface area contributed by atoms with Gasteiger partial charge in [-0.1, -0.05) is 31.4 Å². The molecular formula is C19H17NOS. The van der Waals surface area contributed by atoms with E-state index >= 15 is 0 Å². The van der Waals surface area contributed by atoms with E-state index in [-0.39, 0.29) is 0 Å². The molecule has 2 aromatic carbocycles. The van der Waals surface area contributed by atoms with Gasteiger partial charge in [0.25, 0.3) is 0 Å². The molecule has 0 N–H and O–H groups in total. The second kappa shape index (κ2) is 6.64. The van der Waals surface area contributed by atoms with Crippen molar-refractivity contribution >= 4 is 21.6 Å². The van der Waals surface area contributed by atoms with Crippen molar-refractivity contribution in [1.82, 2.24) is 4.98 Å². The van der Waals surface area contributed by atoms with Gasteiger partial charge in [0.2, 0.25) is 0 Å². The highest BCUT2D eigenvalue weighted by molar-refractivity contribution is 7.21. The molecule has 0 amide bonds. The van der Waals surface area contributed by atoms with Crippen LogP contribution in [0.1, 0.15) is 25.3 Å². The SMILES string of the molecule is C#Cc1ccc(OCCCC)c(-c2nc3ccccc3s2)c1. The minimum Gasteiger partial charge on any atom is -0.493 e. The Kier molecular flexibility index (Phi) is 4.41. The highest BCUT2D eigenvalue weighted by atomic mass is 32.1. The van der Waals surface area contributed by atoms with Gasteiger partial charge in [0, 0.05) is 5.56 Å². The lowest BCUT2D eigenvalue weighted by molar-refractivity contribution is 0.310. The fraction of sp³-hybridized carbons (Fsp3) is 0.211. The first kappa shape index (κ1) is 14.6. The summed E-state index contributed by atoms with van der Waals surface area (Å²) >= 11 is 1.66. The monoisotopic (exact) mass is 307 g/mol. The minimum absolute atomic E-state index is 0.712. The van der Waals surface area contributed by atoms with Crippen molar-refractivity contribution in [3.8, 4) is 28.7 Å². The highest BCUT2D eigenvalue weighted by Crippen LogP contribution is 2.36. The highest BCUT2D eigenvalue weighted by Gasteiger charge is 2.12. The van der Waals surface area contributed by atoms with Crippen LogP contribution >= 0.6 is 11.3 Å². The van der Waals surface area contributed by atoms with E-state index in [1.807, 2.05) is 36.4 Å². The maximum Gasteiger partial charge on any atom is 0.129 e. The van der Waals surface area contributed by atoms with Gasteiger partial charge in [0.1, 0.15) is 10.8 Å². The average Bonchev–Trinajstić information content (AvgIpc) is 2.99. The summed E-state index contributed by atoms with van der Waals surface area (Å²) in [6.45, 7) is 2.86. The molecule has 3 rings (SSSR count). The number of benzene rings is 2. The first-order chi connectivity index (χ1) is 10.8. The van der Waals surface area contributed by atoms with Gasteiger partial charge in [-0.05, 0) is 36.8 Å². The van der Waals surface area contributed by atoms with Gasteiger partial charge in [0.15, 0.2) is 0 Å². The zero-order valence-electron chi connectivity index (χ0n) is 12.5. The second-order valence-electron chi connectivity index (χ2n) is 5.04. The molecule has 3 aromatic rings. The molecule has 0 unspecified atom stereocenters. The molecule has 0 aliphatic rings.